The molecule has 3 amide bonds. The van der Waals surface area contributed by atoms with Gasteiger partial charge in [-0.2, -0.15) is 0 Å². The second kappa shape index (κ2) is 9.08. The minimum absolute atomic E-state index is 0.0691. The van der Waals surface area contributed by atoms with Gasteiger partial charge in [-0.05, 0) is 44.9 Å². The van der Waals surface area contributed by atoms with Crippen molar-refractivity contribution in [2.45, 2.75) is 65.0 Å². The van der Waals surface area contributed by atoms with Crippen molar-refractivity contribution in [3.8, 4) is 0 Å². The minimum atomic E-state index is -0.501. The molecule has 2 heterocycles. The molecule has 1 aromatic carbocycles. The number of nitrogens with zero attached hydrogens (tertiary/aromatic N) is 1. The van der Waals surface area contributed by atoms with Crippen LogP contribution in [0, 0.1) is 0 Å². The van der Waals surface area contributed by atoms with Crippen LogP contribution in [0.4, 0.5) is 10.5 Å². The highest BCUT2D eigenvalue weighted by Crippen LogP contribution is 2.28. The second-order valence-corrected chi connectivity index (χ2v) is 7.84. The predicted octanol–water partition coefficient (Wildman–Crippen LogP) is 2.95. The first-order valence-electron chi connectivity index (χ1n) is 9.89. The number of benzene rings is 1. The number of alkyl carbamates (subject to hydrolysis) is 1. The van der Waals surface area contributed by atoms with E-state index < -0.39 is 11.7 Å². The molecule has 0 saturated carbocycles. The summed E-state index contributed by atoms with van der Waals surface area (Å²) in [6, 6.07) is 7.89. The summed E-state index contributed by atoms with van der Waals surface area (Å²) in [6.07, 6.45) is 0.535. The van der Waals surface area contributed by atoms with E-state index in [2.05, 4.69) is 15.5 Å². The maximum Gasteiger partial charge on any atom is 0.407 e. The number of imide groups is 1. The van der Waals surface area contributed by atoms with Crippen LogP contribution in [0.15, 0.2) is 24.3 Å². The monoisotopic (exact) mass is 389 g/mol. The van der Waals surface area contributed by atoms with E-state index in [-0.39, 0.29) is 23.8 Å². The quantitative estimate of drug-likeness (QED) is 0.776. The Labute approximate surface area is 166 Å². The van der Waals surface area contributed by atoms with Gasteiger partial charge in [0.25, 0.3) is 0 Å². The first kappa shape index (κ1) is 21.7. The van der Waals surface area contributed by atoms with Crippen molar-refractivity contribution in [3.05, 3.63) is 29.8 Å². The van der Waals surface area contributed by atoms with Crippen LogP contribution in [0.2, 0.25) is 0 Å². The van der Waals surface area contributed by atoms with Gasteiger partial charge >= 0.3 is 6.09 Å². The molecule has 1 aromatic rings. The lowest BCUT2D eigenvalue weighted by atomic mass is 9.90. The average molecular weight is 389 g/mol. The number of ether oxygens (including phenoxy) is 1. The number of rotatable bonds is 3. The van der Waals surface area contributed by atoms with Gasteiger partial charge in [-0.3, -0.25) is 14.9 Å². The Morgan fingerprint density at radius 2 is 1.75 bits per heavy atom. The molecule has 7 nitrogen and oxygen atoms in total. The lowest BCUT2D eigenvalue weighted by Gasteiger charge is -2.41. The number of amides is 3. The first-order chi connectivity index (χ1) is 13.2. The van der Waals surface area contributed by atoms with Crippen LogP contribution in [-0.4, -0.2) is 42.6 Å². The molecule has 0 aliphatic carbocycles. The van der Waals surface area contributed by atoms with E-state index in [0.717, 1.165) is 24.3 Å². The van der Waals surface area contributed by atoms with E-state index in [1.807, 2.05) is 58.9 Å². The van der Waals surface area contributed by atoms with Gasteiger partial charge in [0.1, 0.15) is 5.60 Å². The molecule has 2 aliphatic heterocycles. The summed E-state index contributed by atoms with van der Waals surface area (Å²) >= 11 is 0. The van der Waals surface area contributed by atoms with Crippen LogP contribution in [0.3, 0.4) is 0 Å². The summed E-state index contributed by atoms with van der Waals surface area (Å²) in [5.74, 6) is -0.689. The highest BCUT2D eigenvalue weighted by atomic mass is 16.6. The fraction of sp³-hybridized carbons (Fsp3) is 0.571. The molecule has 0 bridgehead atoms. The zero-order chi connectivity index (χ0) is 20.9. The summed E-state index contributed by atoms with van der Waals surface area (Å²) in [7, 11) is 0. The molecule has 1 atom stereocenters. The third-order valence-corrected chi connectivity index (χ3v) is 4.50. The van der Waals surface area contributed by atoms with Gasteiger partial charge in [0.15, 0.2) is 0 Å². The van der Waals surface area contributed by atoms with Crippen LogP contribution >= 0.6 is 0 Å². The second-order valence-electron chi connectivity index (χ2n) is 7.84. The molecule has 0 spiro atoms. The van der Waals surface area contributed by atoms with Gasteiger partial charge in [0, 0.05) is 25.2 Å². The Morgan fingerprint density at radius 1 is 1.14 bits per heavy atom. The summed E-state index contributed by atoms with van der Waals surface area (Å²) in [5, 5.41) is 5.25. The van der Waals surface area contributed by atoms with Crippen molar-refractivity contribution in [2.75, 3.05) is 18.0 Å². The van der Waals surface area contributed by atoms with Crippen molar-refractivity contribution in [2.24, 2.45) is 0 Å². The van der Waals surface area contributed by atoms with Crippen molar-refractivity contribution >= 4 is 23.6 Å². The largest absolute Gasteiger partial charge is 0.444 e. The summed E-state index contributed by atoms with van der Waals surface area (Å²) in [6.45, 7) is 10.9. The molecule has 3 rings (SSSR count). The maximum atomic E-state index is 11.9. The fourth-order valence-corrected chi connectivity index (χ4v) is 3.18. The Morgan fingerprint density at radius 3 is 2.29 bits per heavy atom. The van der Waals surface area contributed by atoms with Crippen LogP contribution in [-0.2, 0) is 14.3 Å². The van der Waals surface area contributed by atoms with Crippen molar-refractivity contribution in [1.82, 2.24) is 10.6 Å². The molecule has 0 aromatic heterocycles. The zero-order valence-corrected chi connectivity index (χ0v) is 17.4. The minimum Gasteiger partial charge on any atom is -0.444 e. The van der Waals surface area contributed by atoms with Crippen molar-refractivity contribution < 1.29 is 19.1 Å². The number of piperidine rings is 1. The molecule has 2 fully saturated rings. The van der Waals surface area contributed by atoms with Crippen LogP contribution in [0.1, 0.15) is 58.9 Å². The summed E-state index contributed by atoms with van der Waals surface area (Å²) < 4.78 is 5.26. The van der Waals surface area contributed by atoms with E-state index >= 15 is 0 Å². The molecule has 1 unspecified atom stereocenters. The average Bonchev–Trinajstić information content (AvgIpc) is 2.58. The SMILES string of the molecule is CC.CC(C)(C)OC(=O)NC1CN(c2ccc(C3CCC(=O)NC3=O)cc2)C1. The summed E-state index contributed by atoms with van der Waals surface area (Å²) in [4.78, 5) is 37.1. The predicted molar refractivity (Wildman–Crippen MR) is 108 cm³/mol. The van der Waals surface area contributed by atoms with Gasteiger partial charge in [-0.15, -0.1) is 0 Å². The van der Waals surface area contributed by atoms with Gasteiger partial charge < -0.3 is 15.0 Å². The normalized spacial score (nSPS) is 19.8. The lowest BCUT2D eigenvalue weighted by Crippen LogP contribution is -2.60. The molecule has 0 radical (unpaired) electrons. The zero-order valence-electron chi connectivity index (χ0n) is 17.4. The van der Waals surface area contributed by atoms with E-state index in [9.17, 15) is 14.4 Å². The van der Waals surface area contributed by atoms with Crippen molar-refractivity contribution in [1.29, 1.82) is 0 Å². The van der Waals surface area contributed by atoms with Crippen LogP contribution < -0.4 is 15.5 Å². The van der Waals surface area contributed by atoms with Crippen LogP contribution in [0.5, 0.6) is 0 Å². The maximum absolute atomic E-state index is 11.9. The first-order valence-corrected chi connectivity index (χ1v) is 9.89. The van der Waals surface area contributed by atoms with Crippen LogP contribution in [0.25, 0.3) is 0 Å². The van der Waals surface area contributed by atoms with Gasteiger partial charge in [-0.1, -0.05) is 26.0 Å². The molecular formula is C21H31N3O4. The Balaban J connectivity index is 0.00000136. The molecule has 7 heteroatoms. The van der Waals surface area contributed by atoms with E-state index in [1.54, 1.807) is 0 Å². The Hall–Kier alpha value is -2.57. The Kier molecular flexibility index (Phi) is 7.05. The Bertz CT molecular complexity index is 703. The number of carbonyl (C=O) groups excluding carboxylic acids is 3. The third-order valence-electron chi connectivity index (χ3n) is 4.50. The molecule has 28 heavy (non-hydrogen) atoms. The van der Waals surface area contributed by atoms with Gasteiger partial charge in [-0.25, -0.2) is 4.79 Å². The number of anilines is 1. The highest BCUT2D eigenvalue weighted by molar-refractivity contribution is 6.00. The summed E-state index contributed by atoms with van der Waals surface area (Å²) in [5.41, 5.74) is 1.46. The molecule has 2 aliphatic rings. The van der Waals surface area contributed by atoms with Gasteiger partial charge in [0.2, 0.25) is 11.8 Å². The van der Waals surface area contributed by atoms with E-state index in [1.165, 1.54) is 0 Å². The van der Waals surface area contributed by atoms with E-state index in [0.29, 0.717) is 12.8 Å². The smallest absolute Gasteiger partial charge is 0.407 e. The fourth-order valence-electron chi connectivity index (χ4n) is 3.18. The molecule has 154 valence electrons. The topological polar surface area (TPSA) is 87.7 Å². The standard InChI is InChI=1S/C19H25N3O4.C2H6/c1-19(2,3)26-18(25)20-13-10-22(11-13)14-6-4-12(5-7-14)15-8-9-16(23)21-17(15)24;1-2/h4-7,13,15H,8-11H2,1-3H3,(H,20,25)(H,21,23,24);1-2H3. The molecular weight excluding hydrogens is 358 g/mol. The van der Waals surface area contributed by atoms with E-state index in [4.69, 9.17) is 4.74 Å². The van der Waals surface area contributed by atoms with Gasteiger partial charge in [0.05, 0.1) is 12.0 Å². The lowest BCUT2D eigenvalue weighted by molar-refractivity contribution is -0.134. The van der Waals surface area contributed by atoms with Crippen molar-refractivity contribution in [3.63, 3.8) is 0 Å². The number of hydrogen-bond acceptors (Lipinski definition) is 5. The third kappa shape index (κ3) is 5.71. The number of hydrogen-bond donors (Lipinski definition) is 2. The highest BCUT2D eigenvalue weighted by Gasteiger charge is 2.31. The number of nitrogens with one attached hydrogen (secondary N) is 2. The number of carbonyl (C=O) groups is 3. The molecule has 2 saturated heterocycles. The molecule has 2 N–H and O–H groups in total.